The summed E-state index contributed by atoms with van der Waals surface area (Å²) in [6.07, 6.45) is -5.56. The van der Waals surface area contributed by atoms with Gasteiger partial charge in [0, 0.05) is 6.04 Å². The van der Waals surface area contributed by atoms with E-state index in [0.29, 0.717) is 6.54 Å². The van der Waals surface area contributed by atoms with Crippen LogP contribution in [0.25, 0.3) is 0 Å². The minimum Gasteiger partial charge on any atom is -0.373 e. The molecule has 0 aromatic rings. The van der Waals surface area contributed by atoms with Gasteiger partial charge in [-0.1, -0.05) is 20.8 Å². The monoisotopic (exact) mass is 263 g/mol. The highest BCUT2D eigenvalue weighted by Gasteiger charge is 2.57. The van der Waals surface area contributed by atoms with E-state index in [2.05, 4.69) is 10.1 Å². The molecule has 0 aliphatic carbocycles. The van der Waals surface area contributed by atoms with E-state index in [-0.39, 0.29) is 18.6 Å². The molecule has 2 nitrogen and oxygen atoms in total. The van der Waals surface area contributed by atoms with Crippen LogP contribution in [0.1, 0.15) is 20.8 Å². The Bertz CT molecular complexity index is 217. The molecule has 0 aromatic heterocycles. The van der Waals surface area contributed by atoms with E-state index in [1.54, 1.807) is 0 Å². The average molecular weight is 263 g/mol. The Labute approximate surface area is 97.5 Å². The van der Waals surface area contributed by atoms with Crippen molar-refractivity contribution < 1.29 is 26.7 Å². The number of alkyl halides is 5. The van der Waals surface area contributed by atoms with Gasteiger partial charge in [-0.05, 0) is 12.5 Å². The molecule has 1 atom stereocenters. The van der Waals surface area contributed by atoms with Crippen molar-refractivity contribution in [3.63, 3.8) is 0 Å². The first-order valence-electron chi connectivity index (χ1n) is 5.37. The maximum absolute atomic E-state index is 12.5. The molecule has 104 valence electrons. The molecular weight excluding hydrogens is 245 g/mol. The Morgan fingerprint density at radius 1 is 1.12 bits per heavy atom. The highest BCUT2D eigenvalue weighted by atomic mass is 19.4. The maximum Gasteiger partial charge on any atom is 0.455 e. The molecule has 17 heavy (non-hydrogen) atoms. The third-order valence-electron chi connectivity index (χ3n) is 2.27. The van der Waals surface area contributed by atoms with Crippen molar-refractivity contribution >= 4 is 0 Å². The molecule has 0 amide bonds. The van der Waals surface area contributed by atoms with Gasteiger partial charge in [0.2, 0.25) is 0 Å². The first kappa shape index (κ1) is 16.6. The van der Waals surface area contributed by atoms with Gasteiger partial charge in [-0.25, -0.2) is 0 Å². The van der Waals surface area contributed by atoms with Crippen molar-refractivity contribution in [3.05, 3.63) is 0 Å². The summed E-state index contributed by atoms with van der Waals surface area (Å²) in [6.45, 7) is 4.28. The largest absolute Gasteiger partial charge is 0.455 e. The molecule has 1 unspecified atom stereocenters. The van der Waals surface area contributed by atoms with E-state index in [4.69, 9.17) is 0 Å². The van der Waals surface area contributed by atoms with Crippen molar-refractivity contribution in [3.8, 4) is 0 Å². The van der Waals surface area contributed by atoms with Crippen LogP contribution in [0.15, 0.2) is 0 Å². The lowest BCUT2D eigenvalue weighted by Crippen LogP contribution is -2.43. The third kappa shape index (κ3) is 5.63. The average Bonchev–Trinajstić information content (AvgIpc) is 2.14. The summed E-state index contributed by atoms with van der Waals surface area (Å²) in [5, 5.41) is 2.96. The summed E-state index contributed by atoms with van der Waals surface area (Å²) in [6, 6.07) is -0.232. The fourth-order valence-electron chi connectivity index (χ4n) is 1.15. The van der Waals surface area contributed by atoms with Gasteiger partial charge in [-0.3, -0.25) is 0 Å². The second-order valence-corrected chi connectivity index (χ2v) is 4.13. The number of ether oxygens (including phenoxy) is 1. The molecule has 0 heterocycles. The van der Waals surface area contributed by atoms with Gasteiger partial charge in [0.15, 0.2) is 0 Å². The first-order chi connectivity index (χ1) is 7.62. The third-order valence-corrected chi connectivity index (χ3v) is 2.27. The molecule has 0 aromatic carbocycles. The van der Waals surface area contributed by atoms with E-state index in [0.717, 1.165) is 0 Å². The molecule has 0 saturated heterocycles. The van der Waals surface area contributed by atoms with Crippen LogP contribution in [0.4, 0.5) is 22.0 Å². The van der Waals surface area contributed by atoms with E-state index in [1.807, 2.05) is 20.8 Å². The first-order valence-corrected chi connectivity index (χ1v) is 5.37. The Balaban J connectivity index is 4.12. The molecule has 0 saturated carbocycles. The lowest BCUT2D eigenvalue weighted by atomic mass is 10.1. The van der Waals surface area contributed by atoms with Crippen molar-refractivity contribution in [2.75, 3.05) is 19.8 Å². The SMILES string of the molecule is CCNC(COCC(F)(F)C(F)(F)F)C(C)C. The van der Waals surface area contributed by atoms with Gasteiger partial charge in [-0.15, -0.1) is 0 Å². The standard InChI is InChI=1S/C10H18F5NO/c1-4-16-8(7(2)3)5-17-6-9(11,12)10(13,14)15/h7-8,16H,4-6H2,1-3H3. The van der Waals surface area contributed by atoms with Gasteiger partial charge in [0.05, 0.1) is 6.61 Å². The van der Waals surface area contributed by atoms with Crippen LogP contribution in [0.2, 0.25) is 0 Å². The summed E-state index contributed by atoms with van der Waals surface area (Å²) in [5.74, 6) is -4.70. The molecule has 0 aliphatic rings. The van der Waals surface area contributed by atoms with Crippen LogP contribution in [0, 0.1) is 5.92 Å². The van der Waals surface area contributed by atoms with Crippen LogP contribution in [0.3, 0.4) is 0 Å². The molecular formula is C10H18F5NO. The van der Waals surface area contributed by atoms with Crippen LogP contribution in [-0.4, -0.2) is 37.9 Å². The number of hydrogen-bond donors (Lipinski definition) is 1. The normalized spacial score (nSPS) is 15.4. The molecule has 0 spiro atoms. The van der Waals surface area contributed by atoms with Gasteiger partial charge < -0.3 is 10.1 Å². The van der Waals surface area contributed by atoms with Crippen LogP contribution < -0.4 is 5.32 Å². The zero-order valence-electron chi connectivity index (χ0n) is 10.1. The van der Waals surface area contributed by atoms with Crippen LogP contribution in [-0.2, 0) is 4.74 Å². The highest BCUT2D eigenvalue weighted by molar-refractivity contribution is 4.76. The Hall–Kier alpha value is -0.430. The van der Waals surface area contributed by atoms with E-state index < -0.39 is 18.7 Å². The van der Waals surface area contributed by atoms with Crippen molar-refractivity contribution in [2.45, 2.75) is 38.9 Å². The predicted molar refractivity (Wildman–Crippen MR) is 54.1 cm³/mol. The number of halogens is 5. The molecule has 0 fully saturated rings. The molecule has 0 aliphatic heterocycles. The quantitative estimate of drug-likeness (QED) is 0.713. The number of hydrogen-bond acceptors (Lipinski definition) is 2. The van der Waals surface area contributed by atoms with Gasteiger partial charge >= 0.3 is 12.1 Å². The molecule has 1 N–H and O–H groups in total. The molecule has 0 rings (SSSR count). The van der Waals surface area contributed by atoms with Crippen molar-refractivity contribution in [1.82, 2.24) is 5.32 Å². The van der Waals surface area contributed by atoms with Crippen LogP contribution >= 0.6 is 0 Å². The van der Waals surface area contributed by atoms with Crippen molar-refractivity contribution in [2.24, 2.45) is 5.92 Å². The second kappa shape index (κ2) is 6.49. The predicted octanol–water partition coefficient (Wildman–Crippen LogP) is 2.83. The lowest BCUT2D eigenvalue weighted by molar-refractivity contribution is -0.297. The van der Waals surface area contributed by atoms with Gasteiger partial charge in [0.25, 0.3) is 0 Å². The summed E-state index contributed by atoms with van der Waals surface area (Å²) in [5.41, 5.74) is 0. The maximum atomic E-state index is 12.5. The summed E-state index contributed by atoms with van der Waals surface area (Å²) < 4.78 is 64.9. The Morgan fingerprint density at radius 2 is 1.65 bits per heavy atom. The summed E-state index contributed by atoms with van der Waals surface area (Å²) in [7, 11) is 0. The molecule has 0 radical (unpaired) electrons. The van der Waals surface area contributed by atoms with Crippen molar-refractivity contribution in [1.29, 1.82) is 0 Å². The second-order valence-electron chi connectivity index (χ2n) is 4.13. The van der Waals surface area contributed by atoms with Gasteiger partial charge in [0.1, 0.15) is 6.61 Å². The van der Waals surface area contributed by atoms with E-state index in [9.17, 15) is 22.0 Å². The molecule has 0 bridgehead atoms. The summed E-state index contributed by atoms with van der Waals surface area (Å²) in [4.78, 5) is 0. The topological polar surface area (TPSA) is 21.3 Å². The lowest BCUT2D eigenvalue weighted by Gasteiger charge is -2.24. The highest BCUT2D eigenvalue weighted by Crippen LogP contribution is 2.35. The zero-order chi connectivity index (χ0) is 13.7. The smallest absolute Gasteiger partial charge is 0.373 e. The Kier molecular flexibility index (Phi) is 6.32. The fraction of sp³-hybridized carbons (Fsp3) is 1.00. The minimum absolute atomic E-state index is 0.0921. The van der Waals surface area contributed by atoms with E-state index in [1.165, 1.54) is 0 Å². The van der Waals surface area contributed by atoms with Gasteiger partial charge in [-0.2, -0.15) is 22.0 Å². The zero-order valence-corrected chi connectivity index (χ0v) is 10.1. The van der Waals surface area contributed by atoms with Crippen LogP contribution in [0.5, 0.6) is 0 Å². The fourth-order valence-corrected chi connectivity index (χ4v) is 1.15. The minimum atomic E-state index is -5.56. The number of rotatable bonds is 7. The van der Waals surface area contributed by atoms with E-state index >= 15 is 0 Å². The molecule has 7 heteroatoms. The number of likely N-dealkylation sites (N-methyl/N-ethyl adjacent to an activating group) is 1. The summed E-state index contributed by atoms with van der Waals surface area (Å²) >= 11 is 0. The number of nitrogens with one attached hydrogen (secondary N) is 1. The Morgan fingerprint density at radius 3 is 2.00 bits per heavy atom.